The Morgan fingerprint density at radius 1 is 1.18 bits per heavy atom. The Morgan fingerprint density at radius 2 is 1.96 bits per heavy atom. The first-order valence-electron chi connectivity index (χ1n) is 9.47. The predicted octanol–water partition coefficient (Wildman–Crippen LogP) is 4.63. The van der Waals surface area contributed by atoms with Crippen LogP contribution in [0.1, 0.15) is 18.1 Å². The molecule has 4 rings (SSSR count). The summed E-state index contributed by atoms with van der Waals surface area (Å²) in [5, 5.41) is 10.8. The number of aromatic nitrogens is 3. The normalized spacial score (nSPS) is 11.4. The van der Waals surface area contributed by atoms with Crippen molar-refractivity contribution >= 4 is 43.4 Å². The molecule has 0 amide bonds. The molecule has 2 aromatic heterocycles. The standard InChI is InChI=1S/C22H23BrN4O/c1-4-27-21-17(13-25-27)20-15(9-10-24-19-8-6-5-7-18(19)23)11-14(2)12-16(20)22(28)26(21)3/h5-8,11-13,24H,4,9-10H2,1-3H3. The van der Waals surface area contributed by atoms with Crippen molar-refractivity contribution < 1.29 is 0 Å². The smallest absolute Gasteiger partial charge is 0.259 e. The third kappa shape index (κ3) is 3.11. The van der Waals surface area contributed by atoms with Gasteiger partial charge in [0.1, 0.15) is 5.65 Å². The molecule has 0 unspecified atom stereocenters. The minimum Gasteiger partial charge on any atom is -0.384 e. The van der Waals surface area contributed by atoms with E-state index in [1.165, 1.54) is 5.56 Å². The van der Waals surface area contributed by atoms with Gasteiger partial charge in [-0.25, -0.2) is 4.68 Å². The van der Waals surface area contributed by atoms with Crippen LogP contribution >= 0.6 is 15.9 Å². The molecule has 0 aliphatic carbocycles. The van der Waals surface area contributed by atoms with Gasteiger partial charge in [0.25, 0.3) is 5.56 Å². The van der Waals surface area contributed by atoms with Crippen LogP contribution in [0.25, 0.3) is 21.8 Å². The first-order valence-corrected chi connectivity index (χ1v) is 10.3. The van der Waals surface area contributed by atoms with Gasteiger partial charge in [-0.05, 0) is 60.0 Å². The van der Waals surface area contributed by atoms with Crippen molar-refractivity contribution in [2.24, 2.45) is 7.05 Å². The second-order valence-electron chi connectivity index (χ2n) is 7.07. The van der Waals surface area contributed by atoms with Crippen LogP contribution in [0.4, 0.5) is 5.69 Å². The van der Waals surface area contributed by atoms with Crippen molar-refractivity contribution in [3.05, 3.63) is 68.5 Å². The molecule has 0 radical (unpaired) electrons. The number of benzene rings is 2. The molecular formula is C22H23BrN4O. The molecule has 144 valence electrons. The van der Waals surface area contributed by atoms with Crippen molar-refractivity contribution in [2.75, 3.05) is 11.9 Å². The molecule has 0 fully saturated rings. The number of para-hydroxylation sites is 1. The average Bonchev–Trinajstić information content (AvgIpc) is 3.11. The van der Waals surface area contributed by atoms with E-state index in [9.17, 15) is 4.79 Å². The molecule has 0 saturated carbocycles. The molecule has 0 saturated heterocycles. The molecular weight excluding hydrogens is 416 g/mol. The summed E-state index contributed by atoms with van der Waals surface area (Å²) in [6.07, 6.45) is 2.71. The third-order valence-corrected chi connectivity index (χ3v) is 5.87. The second-order valence-corrected chi connectivity index (χ2v) is 7.92. The van der Waals surface area contributed by atoms with E-state index in [0.29, 0.717) is 0 Å². The maximum absolute atomic E-state index is 13.1. The second kappa shape index (κ2) is 7.43. The first-order chi connectivity index (χ1) is 13.5. The van der Waals surface area contributed by atoms with Crippen LogP contribution in [0.15, 0.2) is 51.9 Å². The van der Waals surface area contributed by atoms with Gasteiger partial charge in [0.15, 0.2) is 0 Å². The molecule has 0 spiro atoms. The summed E-state index contributed by atoms with van der Waals surface area (Å²) in [7, 11) is 1.83. The largest absolute Gasteiger partial charge is 0.384 e. The lowest BCUT2D eigenvalue weighted by atomic mass is 9.98. The number of nitrogens with zero attached hydrogens (tertiary/aromatic N) is 3. The summed E-state index contributed by atoms with van der Waals surface area (Å²) in [5.74, 6) is 0. The van der Waals surface area contributed by atoms with Gasteiger partial charge < -0.3 is 5.32 Å². The molecule has 0 aliphatic rings. The number of pyridine rings is 1. The number of hydrogen-bond donors (Lipinski definition) is 1. The fourth-order valence-corrected chi connectivity index (χ4v) is 4.32. The van der Waals surface area contributed by atoms with Crippen molar-refractivity contribution in [1.82, 2.24) is 14.3 Å². The van der Waals surface area contributed by atoms with Crippen LogP contribution in [0.5, 0.6) is 0 Å². The highest BCUT2D eigenvalue weighted by Crippen LogP contribution is 2.28. The predicted molar refractivity (Wildman–Crippen MR) is 119 cm³/mol. The van der Waals surface area contributed by atoms with Gasteiger partial charge in [0.05, 0.1) is 6.20 Å². The highest BCUT2D eigenvalue weighted by molar-refractivity contribution is 9.10. The summed E-state index contributed by atoms with van der Waals surface area (Å²) in [4.78, 5) is 13.1. The molecule has 28 heavy (non-hydrogen) atoms. The van der Waals surface area contributed by atoms with Gasteiger partial charge in [0.2, 0.25) is 0 Å². The Balaban J connectivity index is 1.82. The number of hydrogen-bond acceptors (Lipinski definition) is 3. The lowest BCUT2D eigenvalue weighted by Gasteiger charge is -2.14. The van der Waals surface area contributed by atoms with E-state index in [2.05, 4.69) is 38.5 Å². The van der Waals surface area contributed by atoms with Crippen molar-refractivity contribution in [3.63, 3.8) is 0 Å². The number of halogens is 1. The summed E-state index contributed by atoms with van der Waals surface area (Å²) in [5.41, 5.74) is 4.25. The molecule has 0 aliphatic heterocycles. The van der Waals surface area contributed by atoms with E-state index in [-0.39, 0.29) is 5.56 Å². The van der Waals surface area contributed by atoms with Crippen LogP contribution in [0, 0.1) is 6.92 Å². The minimum absolute atomic E-state index is 0.0291. The topological polar surface area (TPSA) is 51.9 Å². The number of rotatable bonds is 5. The van der Waals surface area contributed by atoms with E-state index < -0.39 is 0 Å². The Hall–Kier alpha value is -2.60. The van der Waals surface area contributed by atoms with Crippen LogP contribution in [0.2, 0.25) is 0 Å². The lowest BCUT2D eigenvalue weighted by molar-refractivity contribution is 0.659. The molecule has 4 aromatic rings. The van der Waals surface area contributed by atoms with Gasteiger partial charge in [0, 0.05) is 46.5 Å². The first kappa shape index (κ1) is 18.7. The van der Waals surface area contributed by atoms with E-state index in [4.69, 9.17) is 0 Å². The fraction of sp³-hybridized carbons (Fsp3) is 0.273. The average molecular weight is 439 g/mol. The Morgan fingerprint density at radius 3 is 2.71 bits per heavy atom. The van der Waals surface area contributed by atoms with E-state index in [0.717, 1.165) is 57.0 Å². The lowest BCUT2D eigenvalue weighted by Crippen LogP contribution is -2.20. The molecule has 2 heterocycles. The zero-order valence-corrected chi connectivity index (χ0v) is 17.9. The summed E-state index contributed by atoms with van der Waals surface area (Å²) < 4.78 is 4.65. The zero-order chi connectivity index (χ0) is 19.8. The fourth-order valence-electron chi connectivity index (χ4n) is 3.90. The summed E-state index contributed by atoms with van der Waals surface area (Å²) in [6.45, 7) is 5.59. The van der Waals surface area contributed by atoms with Crippen LogP contribution in [0.3, 0.4) is 0 Å². The Labute approximate surface area is 172 Å². The van der Waals surface area contributed by atoms with Gasteiger partial charge >= 0.3 is 0 Å². The molecule has 2 aromatic carbocycles. The number of fused-ring (bicyclic) bond motifs is 3. The van der Waals surface area contributed by atoms with E-state index in [1.807, 2.05) is 56.0 Å². The number of anilines is 1. The molecule has 5 nitrogen and oxygen atoms in total. The molecule has 0 bridgehead atoms. The van der Waals surface area contributed by atoms with Crippen molar-refractivity contribution in [3.8, 4) is 0 Å². The Bertz CT molecular complexity index is 1240. The summed E-state index contributed by atoms with van der Waals surface area (Å²) >= 11 is 3.58. The Kier molecular flexibility index (Phi) is 4.98. The highest BCUT2D eigenvalue weighted by atomic mass is 79.9. The van der Waals surface area contributed by atoms with E-state index >= 15 is 0 Å². The summed E-state index contributed by atoms with van der Waals surface area (Å²) in [6, 6.07) is 12.3. The van der Waals surface area contributed by atoms with Gasteiger partial charge in [-0.1, -0.05) is 23.8 Å². The van der Waals surface area contributed by atoms with Crippen molar-refractivity contribution in [1.29, 1.82) is 0 Å². The zero-order valence-electron chi connectivity index (χ0n) is 16.3. The third-order valence-electron chi connectivity index (χ3n) is 5.18. The minimum atomic E-state index is 0.0291. The monoisotopic (exact) mass is 438 g/mol. The number of aryl methyl sites for hydroxylation is 3. The van der Waals surface area contributed by atoms with Gasteiger partial charge in [-0.3, -0.25) is 9.36 Å². The van der Waals surface area contributed by atoms with Crippen LogP contribution < -0.4 is 10.9 Å². The molecule has 1 N–H and O–H groups in total. The maximum atomic E-state index is 13.1. The van der Waals surface area contributed by atoms with Gasteiger partial charge in [-0.15, -0.1) is 0 Å². The highest BCUT2D eigenvalue weighted by Gasteiger charge is 2.16. The molecule has 0 atom stereocenters. The van der Waals surface area contributed by atoms with E-state index in [1.54, 1.807) is 4.57 Å². The van der Waals surface area contributed by atoms with Gasteiger partial charge in [-0.2, -0.15) is 5.10 Å². The van der Waals surface area contributed by atoms with Crippen LogP contribution in [-0.4, -0.2) is 20.9 Å². The number of nitrogens with one attached hydrogen (secondary N) is 1. The SMILES string of the molecule is CCn1ncc2c3c(CCNc4ccccc4Br)cc(C)cc3c(=O)n(C)c21. The van der Waals surface area contributed by atoms with Crippen molar-refractivity contribution in [2.45, 2.75) is 26.8 Å². The maximum Gasteiger partial charge on any atom is 0.259 e. The quantitative estimate of drug-likeness (QED) is 0.493. The van der Waals surface area contributed by atoms with Crippen LogP contribution in [-0.2, 0) is 20.0 Å². The molecule has 6 heteroatoms.